The molecule has 1 saturated carbocycles. The molecule has 1 aliphatic carbocycles. The highest BCUT2D eigenvalue weighted by Crippen LogP contribution is 2.33. The molecule has 2 heterocycles. The van der Waals surface area contributed by atoms with Gasteiger partial charge in [0.25, 0.3) is 0 Å². The van der Waals surface area contributed by atoms with Crippen LogP contribution in [0.5, 0.6) is 0 Å². The van der Waals surface area contributed by atoms with Crippen LogP contribution in [0.4, 0.5) is 4.39 Å². The van der Waals surface area contributed by atoms with Crippen LogP contribution in [-0.2, 0) is 11.3 Å². The number of halogens is 1. The normalized spacial score (nSPS) is 17.7. The summed E-state index contributed by atoms with van der Waals surface area (Å²) in [6, 6.07) is 6.22. The molecule has 1 aromatic carbocycles. The zero-order valence-electron chi connectivity index (χ0n) is 20.0. The summed E-state index contributed by atoms with van der Waals surface area (Å²) in [5.74, 6) is 1.52. The zero-order chi connectivity index (χ0) is 23.9. The Morgan fingerprint density at radius 2 is 1.74 bits per heavy atom. The predicted molar refractivity (Wildman–Crippen MR) is 132 cm³/mol. The van der Waals surface area contributed by atoms with Crippen molar-refractivity contribution in [3.05, 3.63) is 72.5 Å². The molecule has 0 unspecified atom stereocenters. The van der Waals surface area contributed by atoms with E-state index in [2.05, 4.69) is 11.5 Å². The molecule has 1 aliphatic heterocycles. The van der Waals surface area contributed by atoms with Gasteiger partial charge in [-0.25, -0.2) is 14.1 Å². The van der Waals surface area contributed by atoms with E-state index < -0.39 is 0 Å². The predicted octanol–water partition coefficient (Wildman–Crippen LogP) is 4.92. The van der Waals surface area contributed by atoms with Gasteiger partial charge in [0.15, 0.2) is 5.82 Å². The number of nitrogens with zero attached hydrogens (tertiary/aromatic N) is 5. The lowest BCUT2D eigenvalue weighted by Crippen LogP contribution is -2.49. The molecule has 180 valence electrons. The second-order valence-corrected chi connectivity index (χ2v) is 9.04. The van der Waals surface area contributed by atoms with E-state index >= 15 is 0 Å². The van der Waals surface area contributed by atoms with Crippen LogP contribution in [-0.4, -0.2) is 56.7 Å². The number of carbonyl (C=O) groups excluding carboxylic acids is 1. The third-order valence-corrected chi connectivity index (χ3v) is 6.69. The molecule has 1 aromatic heterocycles. The van der Waals surface area contributed by atoms with Crippen molar-refractivity contribution in [1.29, 1.82) is 0 Å². The number of rotatable bonds is 7. The molecule has 2 aromatic rings. The molecule has 1 saturated heterocycles. The van der Waals surface area contributed by atoms with E-state index in [9.17, 15) is 9.18 Å². The summed E-state index contributed by atoms with van der Waals surface area (Å²) in [4.78, 5) is 22.1. The fraction of sp³-hybridized carbons (Fsp3) is 0.444. The Labute approximate surface area is 201 Å². The first-order chi connectivity index (χ1) is 16.5. The molecular formula is C27H34FN5O. The van der Waals surface area contributed by atoms with Crippen molar-refractivity contribution in [2.45, 2.75) is 51.5 Å². The summed E-state index contributed by atoms with van der Waals surface area (Å²) < 4.78 is 15.2. The van der Waals surface area contributed by atoms with Crippen molar-refractivity contribution in [2.75, 3.05) is 26.2 Å². The number of amides is 1. The number of benzene rings is 1. The van der Waals surface area contributed by atoms with E-state index in [1.807, 2.05) is 36.1 Å². The molecule has 34 heavy (non-hydrogen) atoms. The van der Waals surface area contributed by atoms with Gasteiger partial charge in [-0.1, -0.05) is 44.1 Å². The van der Waals surface area contributed by atoms with Crippen LogP contribution >= 0.6 is 0 Å². The number of hydrogen-bond acceptors (Lipinski definition) is 4. The minimum Gasteiger partial charge on any atom is -0.368 e. The van der Waals surface area contributed by atoms with Crippen molar-refractivity contribution in [3.63, 3.8) is 0 Å². The lowest BCUT2D eigenvalue weighted by molar-refractivity contribution is -0.133. The molecule has 6 nitrogen and oxygen atoms in total. The summed E-state index contributed by atoms with van der Waals surface area (Å²) in [7, 11) is 0. The molecule has 7 heteroatoms. The summed E-state index contributed by atoms with van der Waals surface area (Å²) in [6.45, 7) is 9.15. The minimum atomic E-state index is -0.287. The van der Waals surface area contributed by atoms with Crippen molar-refractivity contribution >= 4 is 5.91 Å². The molecule has 0 atom stereocenters. The van der Waals surface area contributed by atoms with Gasteiger partial charge >= 0.3 is 0 Å². The van der Waals surface area contributed by atoms with E-state index in [0.29, 0.717) is 24.8 Å². The van der Waals surface area contributed by atoms with E-state index in [1.165, 1.54) is 31.4 Å². The molecule has 2 aliphatic rings. The quantitative estimate of drug-likeness (QED) is 0.547. The standard InChI is InChI=1S/C27H34FN5O/c1-3-4-6-9-21(2)31-16-18-32(19-17-31)25(34)20-33-27(23-10-7-5-8-11-23)29-26(30-33)22-12-14-24(28)15-13-22/h3-4,6,9,12-15,23H,2,5,7-8,10-11,16-20H2,1H3/b4-3-,9-6-. The van der Waals surface area contributed by atoms with Gasteiger partial charge in [0.05, 0.1) is 0 Å². The first-order valence-corrected chi connectivity index (χ1v) is 12.3. The van der Waals surface area contributed by atoms with Crippen LogP contribution in [0.1, 0.15) is 50.8 Å². The highest BCUT2D eigenvalue weighted by molar-refractivity contribution is 5.76. The van der Waals surface area contributed by atoms with Gasteiger partial charge < -0.3 is 9.80 Å². The third-order valence-electron chi connectivity index (χ3n) is 6.69. The van der Waals surface area contributed by atoms with E-state index in [0.717, 1.165) is 43.0 Å². The van der Waals surface area contributed by atoms with Crippen LogP contribution in [0, 0.1) is 5.82 Å². The first kappa shape index (κ1) is 23.9. The van der Waals surface area contributed by atoms with Crippen LogP contribution in [0.15, 0.2) is 60.8 Å². The van der Waals surface area contributed by atoms with Gasteiger partial charge in [0.2, 0.25) is 5.91 Å². The maximum Gasteiger partial charge on any atom is 0.244 e. The monoisotopic (exact) mass is 463 g/mol. The van der Waals surface area contributed by atoms with Crippen LogP contribution in [0.2, 0.25) is 0 Å². The largest absolute Gasteiger partial charge is 0.368 e. The van der Waals surface area contributed by atoms with Gasteiger partial charge in [-0.2, -0.15) is 5.10 Å². The van der Waals surface area contributed by atoms with Gasteiger partial charge in [0, 0.05) is 43.4 Å². The Morgan fingerprint density at radius 3 is 2.41 bits per heavy atom. The van der Waals surface area contributed by atoms with Crippen molar-refractivity contribution < 1.29 is 9.18 Å². The maximum absolute atomic E-state index is 13.4. The topological polar surface area (TPSA) is 54.3 Å². The molecule has 0 spiro atoms. The Balaban J connectivity index is 1.45. The second-order valence-electron chi connectivity index (χ2n) is 9.04. The SMILES string of the molecule is C=C(/C=C\C=C/C)N1CCN(C(=O)Cn2nc(-c3ccc(F)cc3)nc2C2CCCCC2)CC1. The highest BCUT2D eigenvalue weighted by atomic mass is 19.1. The molecular weight excluding hydrogens is 429 g/mol. The van der Waals surface area contributed by atoms with Crippen molar-refractivity contribution in [2.24, 2.45) is 0 Å². The Morgan fingerprint density at radius 1 is 1.06 bits per heavy atom. The lowest BCUT2D eigenvalue weighted by Gasteiger charge is -2.36. The average Bonchev–Trinajstić information content (AvgIpc) is 3.29. The number of hydrogen-bond donors (Lipinski definition) is 0. The highest BCUT2D eigenvalue weighted by Gasteiger charge is 2.27. The molecule has 4 rings (SSSR count). The number of carbonyl (C=O) groups is 1. The van der Waals surface area contributed by atoms with Gasteiger partial charge in [-0.05, 0) is 50.1 Å². The summed E-state index contributed by atoms with van der Waals surface area (Å²) in [6.07, 6.45) is 13.7. The summed E-state index contributed by atoms with van der Waals surface area (Å²) in [5, 5.41) is 4.70. The molecule has 0 bridgehead atoms. The van der Waals surface area contributed by atoms with Gasteiger partial charge in [-0.3, -0.25) is 4.79 Å². The number of allylic oxidation sites excluding steroid dienone is 4. The maximum atomic E-state index is 13.4. The average molecular weight is 464 g/mol. The molecule has 2 fully saturated rings. The number of aromatic nitrogens is 3. The number of piperazine rings is 1. The van der Waals surface area contributed by atoms with Gasteiger partial charge in [-0.15, -0.1) is 0 Å². The Bertz CT molecular complexity index is 1040. The Hall–Kier alpha value is -3.22. The first-order valence-electron chi connectivity index (χ1n) is 12.3. The van der Waals surface area contributed by atoms with Crippen molar-refractivity contribution in [3.8, 4) is 11.4 Å². The zero-order valence-corrected chi connectivity index (χ0v) is 20.0. The van der Waals surface area contributed by atoms with E-state index in [4.69, 9.17) is 10.1 Å². The molecule has 0 N–H and O–H groups in total. The lowest BCUT2D eigenvalue weighted by atomic mass is 9.88. The Kier molecular flexibility index (Phi) is 7.93. The molecule has 0 radical (unpaired) electrons. The van der Waals surface area contributed by atoms with Crippen LogP contribution in [0.25, 0.3) is 11.4 Å². The second kappa shape index (κ2) is 11.3. The fourth-order valence-electron chi connectivity index (χ4n) is 4.71. The molecule has 1 amide bonds. The third kappa shape index (κ3) is 5.82. The van der Waals surface area contributed by atoms with Crippen molar-refractivity contribution in [1.82, 2.24) is 24.6 Å². The van der Waals surface area contributed by atoms with Crippen LogP contribution < -0.4 is 0 Å². The smallest absolute Gasteiger partial charge is 0.244 e. The van der Waals surface area contributed by atoms with E-state index in [1.54, 1.807) is 16.8 Å². The summed E-state index contributed by atoms with van der Waals surface area (Å²) in [5.41, 5.74) is 1.73. The summed E-state index contributed by atoms with van der Waals surface area (Å²) >= 11 is 0. The van der Waals surface area contributed by atoms with E-state index in [-0.39, 0.29) is 18.3 Å². The fourth-order valence-corrected chi connectivity index (χ4v) is 4.71. The van der Waals surface area contributed by atoms with Crippen LogP contribution in [0.3, 0.4) is 0 Å². The van der Waals surface area contributed by atoms with Gasteiger partial charge in [0.1, 0.15) is 18.2 Å². The minimum absolute atomic E-state index is 0.0577.